The fourth-order valence-electron chi connectivity index (χ4n) is 1.36. The van der Waals surface area contributed by atoms with E-state index in [2.05, 4.69) is 15.4 Å². The van der Waals surface area contributed by atoms with Crippen LogP contribution >= 0.6 is 0 Å². The minimum atomic E-state index is -0.382. The molecule has 0 atom stereocenters. The number of anilines is 1. The molecule has 1 aromatic rings. The molecule has 2 N–H and O–H groups in total. The van der Waals surface area contributed by atoms with E-state index in [9.17, 15) is 9.59 Å². The van der Waals surface area contributed by atoms with Gasteiger partial charge in [0.15, 0.2) is 0 Å². The molecule has 0 aliphatic heterocycles. The number of ether oxygens (including phenoxy) is 1. The van der Waals surface area contributed by atoms with Gasteiger partial charge in [-0.25, -0.2) is 4.79 Å². The summed E-state index contributed by atoms with van der Waals surface area (Å²) in [5.41, 5.74) is 1.18. The molecule has 0 saturated carbocycles. The summed E-state index contributed by atoms with van der Waals surface area (Å²) in [7, 11) is 1.34. The SMILES string of the molecule is COC(=O)c1ccccc1NCCNC(C)=O. The van der Waals surface area contributed by atoms with E-state index in [1.165, 1.54) is 14.0 Å². The van der Waals surface area contributed by atoms with Crippen molar-refractivity contribution in [1.29, 1.82) is 0 Å². The average Bonchev–Trinajstić information content (AvgIpc) is 2.34. The number of nitrogens with one attached hydrogen (secondary N) is 2. The van der Waals surface area contributed by atoms with Crippen LogP contribution in [-0.2, 0) is 9.53 Å². The zero-order valence-electron chi connectivity index (χ0n) is 9.95. The van der Waals surface area contributed by atoms with Crippen LogP contribution in [0.4, 0.5) is 5.69 Å². The molecule has 0 aliphatic rings. The van der Waals surface area contributed by atoms with Crippen LogP contribution in [0.2, 0.25) is 0 Å². The van der Waals surface area contributed by atoms with Gasteiger partial charge in [-0.2, -0.15) is 0 Å². The molecule has 0 unspecified atom stereocenters. The van der Waals surface area contributed by atoms with Crippen molar-refractivity contribution in [2.75, 3.05) is 25.5 Å². The minimum absolute atomic E-state index is 0.0759. The molecular weight excluding hydrogens is 220 g/mol. The molecule has 0 spiro atoms. The second kappa shape index (κ2) is 6.52. The van der Waals surface area contributed by atoms with E-state index in [0.717, 1.165) is 0 Å². The third-order valence-electron chi connectivity index (χ3n) is 2.15. The van der Waals surface area contributed by atoms with Crippen LogP contribution in [0.5, 0.6) is 0 Å². The monoisotopic (exact) mass is 236 g/mol. The molecular formula is C12H16N2O3. The van der Waals surface area contributed by atoms with Crippen LogP contribution in [0.25, 0.3) is 0 Å². The van der Waals surface area contributed by atoms with Crippen molar-refractivity contribution >= 4 is 17.6 Å². The third-order valence-corrected chi connectivity index (χ3v) is 2.15. The number of amides is 1. The van der Waals surface area contributed by atoms with Crippen LogP contribution < -0.4 is 10.6 Å². The van der Waals surface area contributed by atoms with E-state index in [-0.39, 0.29) is 11.9 Å². The molecule has 1 amide bonds. The first kappa shape index (κ1) is 13.0. The number of benzene rings is 1. The maximum Gasteiger partial charge on any atom is 0.339 e. The Kier molecular flexibility index (Phi) is 5.00. The van der Waals surface area contributed by atoms with Crippen molar-refractivity contribution in [2.45, 2.75) is 6.92 Å². The Balaban J connectivity index is 2.58. The second-order valence-corrected chi connectivity index (χ2v) is 3.45. The summed E-state index contributed by atoms with van der Waals surface area (Å²) in [4.78, 5) is 22.1. The van der Waals surface area contributed by atoms with Crippen LogP contribution in [0.15, 0.2) is 24.3 Å². The highest BCUT2D eigenvalue weighted by Crippen LogP contribution is 2.15. The fraction of sp³-hybridized carbons (Fsp3) is 0.333. The number of esters is 1. The standard InChI is InChI=1S/C12H16N2O3/c1-9(15)13-7-8-14-11-6-4-3-5-10(11)12(16)17-2/h3-6,14H,7-8H2,1-2H3,(H,13,15). The van der Waals surface area contributed by atoms with E-state index in [0.29, 0.717) is 24.3 Å². The largest absolute Gasteiger partial charge is 0.465 e. The summed E-state index contributed by atoms with van der Waals surface area (Å²) in [6.07, 6.45) is 0. The summed E-state index contributed by atoms with van der Waals surface area (Å²) in [5, 5.41) is 5.73. The van der Waals surface area contributed by atoms with Gasteiger partial charge in [0, 0.05) is 25.7 Å². The van der Waals surface area contributed by atoms with Crippen molar-refractivity contribution in [3.05, 3.63) is 29.8 Å². The number of carbonyl (C=O) groups excluding carboxylic acids is 2. The van der Waals surface area contributed by atoms with Crippen molar-refractivity contribution < 1.29 is 14.3 Å². The van der Waals surface area contributed by atoms with E-state index in [1.807, 2.05) is 6.07 Å². The highest BCUT2D eigenvalue weighted by Gasteiger charge is 2.09. The quantitative estimate of drug-likeness (QED) is 0.591. The highest BCUT2D eigenvalue weighted by molar-refractivity contribution is 5.95. The second-order valence-electron chi connectivity index (χ2n) is 3.45. The van der Waals surface area contributed by atoms with Crippen molar-refractivity contribution in [3.8, 4) is 0 Å². The van der Waals surface area contributed by atoms with Gasteiger partial charge in [0.1, 0.15) is 0 Å². The number of rotatable bonds is 5. The lowest BCUT2D eigenvalue weighted by atomic mass is 10.2. The molecule has 5 heteroatoms. The van der Waals surface area contributed by atoms with Crippen LogP contribution in [0.1, 0.15) is 17.3 Å². The normalized spacial score (nSPS) is 9.53. The Morgan fingerprint density at radius 1 is 1.24 bits per heavy atom. The molecule has 0 bridgehead atoms. The lowest BCUT2D eigenvalue weighted by Crippen LogP contribution is -2.26. The first-order valence-electron chi connectivity index (χ1n) is 5.31. The molecule has 0 aromatic heterocycles. The number of hydrogen-bond donors (Lipinski definition) is 2. The minimum Gasteiger partial charge on any atom is -0.465 e. The van der Waals surface area contributed by atoms with Gasteiger partial charge in [-0.3, -0.25) is 4.79 Å². The summed E-state index contributed by atoms with van der Waals surface area (Å²) < 4.78 is 4.67. The van der Waals surface area contributed by atoms with Gasteiger partial charge in [-0.15, -0.1) is 0 Å². The Hall–Kier alpha value is -2.04. The zero-order valence-corrected chi connectivity index (χ0v) is 9.95. The number of methoxy groups -OCH3 is 1. The number of carbonyl (C=O) groups is 2. The molecule has 17 heavy (non-hydrogen) atoms. The Labute approximate surface area is 100 Å². The Bertz CT molecular complexity index is 404. The molecule has 1 aromatic carbocycles. The van der Waals surface area contributed by atoms with Gasteiger partial charge in [-0.1, -0.05) is 12.1 Å². The molecule has 0 saturated heterocycles. The van der Waals surface area contributed by atoms with Crippen molar-refractivity contribution in [3.63, 3.8) is 0 Å². The third kappa shape index (κ3) is 4.14. The van der Waals surface area contributed by atoms with Crippen LogP contribution in [0.3, 0.4) is 0 Å². The van der Waals surface area contributed by atoms with E-state index in [1.54, 1.807) is 18.2 Å². The number of hydrogen-bond acceptors (Lipinski definition) is 4. The van der Waals surface area contributed by atoms with Gasteiger partial charge >= 0.3 is 5.97 Å². The lowest BCUT2D eigenvalue weighted by molar-refractivity contribution is -0.118. The van der Waals surface area contributed by atoms with E-state index < -0.39 is 0 Å². The molecule has 5 nitrogen and oxygen atoms in total. The predicted octanol–water partition coefficient (Wildman–Crippen LogP) is 1.02. The topological polar surface area (TPSA) is 67.4 Å². The molecule has 0 heterocycles. The van der Waals surface area contributed by atoms with E-state index >= 15 is 0 Å². The first-order chi connectivity index (χ1) is 8.15. The molecule has 0 fully saturated rings. The highest BCUT2D eigenvalue weighted by atomic mass is 16.5. The lowest BCUT2D eigenvalue weighted by Gasteiger charge is -2.10. The summed E-state index contributed by atoms with van der Waals surface area (Å²) in [6, 6.07) is 7.07. The fourth-order valence-corrected chi connectivity index (χ4v) is 1.36. The van der Waals surface area contributed by atoms with Gasteiger partial charge in [0.25, 0.3) is 0 Å². The Morgan fingerprint density at radius 2 is 1.94 bits per heavy atom. The van der Waals surface area contributed by atoms with Gasteiger partial charge in [0.05, 0.1) is 12.7 Å². The summed E-state index contributed by atoms with van der Waals surface area (Å²) >= 11 is 0. The molecule has 1 rings (SSSR count). The van der Waals surface area contributed by atoms with Gasteiger partial charge in [-0.05, 0) is 12.1 Å². The smallest absolute Gasteiger partial charge is 0.339 e. The first-order valence-corrected chi connectivity index (χ1v) is 5.31. The maximum absolute atomic E-state index is 11.4. The molecule has 92 valence electrons. The molecule has 0 radical (unpaired) electrons. The molecule has 0 aliphatic carbocycles. The van der Waals surface area contributed by atoms with Crippen LogP contribution in [0, 0.1) is 0 Å². The Morgan fingerprint density at radius 3 is 2.59 bits per heavy atom. The van der Waals surface area contributed by atoms with Gasteiger partial charge < -0.3 is 15.4 Å². The van der Waals surface area contributed by atoms with Crippen molar-refractivity contribution in [1.82, 2.24) is 5.32 Å². The van der Waals surface area contributed by atoms with Crippen LogP contribution in [-0.4, -0.2) is 32.1 Å². The predicted molar refractivity (Wildman–Crippen MR) is 65.0 cm³/mol. The summed E-state index contributed by atoms with van der Waals surface area (Å²) in [5.74, 6) is -0.458. The van der Waals surface area contributed by atoms with Crippen molar-refractivity contribution in [2.24, 2.45) is 0 Å². The maximum atomic E-state index is 11.4. The average molecular weight is 236 g/mol. The van der Waals surface area contributed by atoms with E-state index in [4.69, 9.17) is 0 Å². The summed E-state index contributed by atoms with van der Waals surface area (Å²) in [6.45, 7) is 2.51. The zero-order chi connectivity index (χ0) is 12.7. The number of para-hydroxylation sites is 1. The van der Waals surface area contributed by atoms with Gasteiger partial charge in [0.2, 0.25) is 5.91 Å².